The molecule has 0 aromatic rings. The molecule has 0 aliphatic heterocycles. The molecule has 0 aliphatic rings. The van der Waals surface area contributed by atoms with Gasteiger partial charge in [0.05, 0.1) is 6.10 Å². The molecule has 11 heavy (non-hydrogen) atoms. The molecule has 0 saturated carbocycles. The van der Waals surface area contributed by atoms with Gasteiger partial charge in [-0.2, -0.15) is 0 Å². The second-order valence-electron chi connectivity index (χ2n) is 3.32. The van der Waals surface area contributed by atoms with Gasteiger partial charge in [0.15, 0.2) is 0 Å². The smallest absolute Gasteiger partial charge is 0.0518 e. The minimum absolute atomic E-state index is 0.362. The minimum Gasteiger partial charge on any atom is -0.379 e. The van der Waals surface area contributed by atoms with Crippen LogP contribution in [0.15, 0.2) is 0 Å². The Morgan fingerprint density at radius 2 is 1.91 bits per heavy atom. The van der Waals surface area contributed by atoms with Gasteiger partial charge in [0.25, 0.3) is 0 Å². The molecular formula is C9H19ClO. The second-order valence-corrected chi connectivity index (χ2v) is 3.63. The van der Waals surface area contributed by atoms with Gasteiger partial charge in [-0.3, -0.25) is 0 Å². The molecule has 1 unspecified atom stereocenters. The first-order valence-corrected chi connectivity index (χ1v) is 4.87. The number of halogens is 1. The Bertz CT molecular complexity index is 83.6. The third-order valence-corrected chi connectivity index (χ3v) is 2.08. The molecule has 0 aromatic carbocycles. The summed E-state index contributed by atoms with van der Waals surface area (Å²) in [6, 6.07) is 0. The Morgan fingerprint density at radius 1 is 1.27 bits per heavy atom. The molecule has 0 rings (SSSR count). The quantitative estimate of drug-likeness (QED) is 0.449. The predicted molar refractivity (Wildman–Crippen MR) is 50.2 cm³/mol. The van der Waals surface area contributed by atoms with E-state index >= 15 is 0 Å². The monoisotopic (exact) mass is 178 g/mol. The summed E-state index contributed by atoms with van der Waals surface area (Å²) in [5.41, 5.74) is 0. The van der Waals surface area contributed by atoms with Crippen LogP contribution < -0.4 is 0 Å². The van der Waals surface area contributed by atoms with Gasteiger partial charge in [-0.15, -0.1) is 11.6 Å². The Morgan fingerprint density at radius 3 is 2.36 bits per heavy atom. The van der Waals surface area contributed by atoms with Gasteiger partial charge in [0.2, 0.25) is 0 Å². The largest absolute Gasteiger partial charge is 0.379 e. The van der Waals surface area contributed by atoms with Crippen molar-refractivity contribution in [1.29, 1.82) is 0 Å². The van der Waals surface area contributed by atoms with Gasteiger partial charge in [0.1, 0.15) is 0 Å². The summed E-state index contributed by atoms with van der Waals surface area (Å²) in [4.78, 5) is 0. The summed E-state index contributed by atoms with van der Waals surface area (Å²) in [6.45, 7) is 7.16. The van der Waals surface area contributed by atoms with Crippen LogP contribution in [0.25, 0.3) is 0 Å². The fourth-order valence-electron chi connectivity index (χ4n) is 0.828. The van der Waals surface area contributed by atoms with Crippen molar-refractivity contribution >= 4 is 11.6 Å². The van der Waals surface area contributed by atoms with Crippen molar-refractivity contribution in [2.75, 3.05) is 12.5 Å². The van der Waals surface area contributed by atoms with Gasteiger partial charge in [0, 0.05) is 12.5 Å². The Balaban J connectivity index is 3.01. The molecule has 2 heteroatoms. The molecule has 68 valence electrons. The first-order chi connectivity index (χ1) is 5.16. The molecule has 1 atom stereocenters. The molecule has 0 aromatic heterocycles. The Hall–Kier alpha value is 0.250. The zero-order valence-electron chi connectivity index (χ0n) is 7.77. The fourth-order valence-corrected chi connectivity index (χ4v) is 0.982. The maximum absolute atomic E-state index is 5.65. The molecule has 0 amide bonds. The van der Waals surface area contributed by atoms with Gasteiger partial charge < -0.3 is 4.74 Å². The lowest BCUT2D eigenvalue weighted by Gasteiger charge is -2.09. The van der Waals surface area contributed by atoms with E-state index in [4.69, 9.17) is 16.3 Å². The van der Waals surface area contributed by atoms with E-state index in [9.17, 15) is 0 Å². The van der Waals surface area contributed by atoms with E-state index in [-0.39, 0.29) is 0 Å². The molecule has 0 spiro atoms. The highest BCUT2D eigenvalue weighted by Gasteiger charge is 1.99. The standard InChI is InChI=1S/C9H19ClO/c1-8(2)11-6-4-5-9(3)7-10/h8-9H,4-7H2,1-3H3. The molecule has 0 fully saturated rings. The van der Waals surface area contributed by atoms with E-state index in [0.717, 1.165) is 18.9 Å². The fraction of sp³-hybridized carbons (Fsp3) is 1.00. The van der Waals surface area contributed by atoms with Crippen LogP contribution >= 0.6 is 11.6 Å². The number of rotatable bonds is 6. The zero-order valence-corrected chi connectivity index (χ0v) is 8.53. The van der Waals surface area contributed by atoms with Crippen molar-refractivity contribution in [3.05, 3.63) is 0 Å². The summed E-state index contributed by atoms with van der Waals surface area (Å²) in [5, 5.41) is 0. The van der Waals surface area contributed by atoms with Crippen LogP contribution in [0.1, 0.15) is 33.6 Å². The van der Waals surface area contributed by atoms with E-state index in [1.807, 2.05) is 0 Å². The maximum atomic E-state index is 5.65. The molecule has 0 aliphatic carbocycles. The third-order valence-electron chi connectivity index (χ3n) is 1.56. The molecule has 0 N–H and O–H groups in total. The normalized spacial score (nSPS) is 13.9. The van der Waals surface area contributed by atoms with Gasteiger partial charge >= 0.3 is 0 Å². The topological polar surface area (TPSA) is 9.23 Å². The Labute approximate surface area is 75.1 Å². The zero-order chi connectivity index (χ0) is 8.69. The number of hydrogen-bond acceptors (Lipinski definition) is 1. The number of hydrogen-bond donors (Lipinski definition) is 0. The van der Waals surface area contributed by atoms with Crippen molar-refractivity contribution in [3.63, 3.8) is 0 Å². The van der Waals surface area contributed by atoms with Gasteiger partial charge in [-0.1, -0.05) is 6.92 Å². The summed E-state index contributed by atoms with van der Waals surface area (Å²) in [5.74, 6) is 1.40. The highest BCUT2D eigenvalue weighted by molar-refractivity contribution is 6.18. The molecular weight excluding hydrogens is 160 g/mol. The molecule has 0 heterocycles. The van der Waals surface area contributed by atoms with E-state index in [1.165, 1.54) is 6.42 Å². The summed E-state index contributed by atoms with van der Waals surface area (Å²) in [7, 11) is 0. The lowest BCUT2D eigenvalue weighted by molar-refractivity contribution is 0.0744. The highest BCUT2D eigenvalue weighted by atomic mass is 35.5. The van der Waals surface area contributed by atoms with Crippen LogP contribution in [0.5, 0.6) is 0 Å². The van der Waals surface area contributed by atoms with E-state index in [0.29, 0.717) is 12.0 Å². The predicted octanol–water partition coefficient (Wildman–Crippen LogP) is 3.07. The average molecular weight is 179 g/mol. The van der Waals surface area contributed by atoms with Crippen LogP contribution in [0, 0.1) is 5.92 Å². The SMILES string of the molecule is CC(CCl)CCCOC(C)C. The van der Waals surface area contributed by atoms with Crippen LogP contribution in [-0.2, 0) is 4.74 Å². The lowest BCUT2D eigenvalue weighted by Crippen LogP contribution is -2.05. The maximum Gasteiger partial charge on any atom is 0.0518 e. The van der Waals surface area contributed by atoms with E-state index in [1.54, 1.807) is 0 Å². The van der Waals surface area contributed by atoms with Gasteiger partial charge in [-0.25, -0.2) is 0 Å². The van der Waals surface area contributed by atoms with Crippen molar-refractivity contribution in [2.45, 2.75) is 39.7 Å². The second kappa shape index (κ2) is 6.93. The number of ether oxygens (including phenoxy) is 1. The van der Waals surface area contributed by atoms with Crippen molar-refractivity contribution < 1.29 is 4.74 Å². The minimum atomic E-state index is 0.362. The molecule has 0 radical (unpaired) electrons. The van der Waals surface area contributed by atoms with Crippen molar-refractivity contribution in [2.24, 2.45) is 5.92 Å². The summed E-state index contributed by atoms with van der Waals surface area (Å²) >= 11 is 5.65. The van der Waals surface area contributed by atoms with Crippen molar-refractivity contribution in [1.82, 2.24) is 0 Å². The molecule has 0 bridgehead atoms. The van der Waals surface area contributed by atoms with E-state index in [2.05, 4.69) is 20.8 Å². The van der Waals surface area contributed by atoms with Gasteiger partial charge in [-0.05, 0) is 32.6 Å². The van der Waals surface area contributed by atoms with Crippen LogP contribution in [0.4, 0.5) is 0 Å². The summed E-state index contributed by atoms with van der Waals surface area (Å²) < 4.78 is 5.39. The molecule has 0 saturated heterocycles. The van der Waals surface area contributed by atoms with Crippen LogP contribution in [-0.4, -0.2) is 18.6 Å². The Kier molecular flexibility index (Phi) is 7.09. The van der Waals surface area contributed by atoms with Crippen LogP contribution in [0.3, 0.4) is 0 Å². The first-order valence-electron chi connectivity index (χ1n) is 4.34. The average Bonchev–Trinajstić information content (AvgIpc) is 1.97. The van der Waals surface area contributed by atoms with E-state index < -0.39 is 0 Å². The summed E-state index contributed by atoms with van der Waals surface area (Å²) in [6.07, 6.45) is 2.67. The third kappa shape index (κ3) is 8.15. The highest BCUT2D eigenvalue weighted by Crippen LogP contribution is 2.07. The first kappa shape index (κ1) is 11.2. The van der Waals surface area contributed by atoms with Crippen molar-refractivity contribution in [3.8, 4) is 0 Å². The lowest BCUT2D eigenvalue weighted by atomic mass is 10.1. The number of alkyl halides is 1. The molecule has 1 nitrogen and oxygen atoms in total. The van der Waals surface area contributed by atoms with Crippen LogP contribution in [0.2, 0.25) is 0 Å².